The molecule has 2 nitrogen and oxygen atoms in total. The van der Waals surface area contributed by atoms with Crippen LogP contribution in [0.15, 0.2) is 12.1 Å². The summed E-state index contributed by atoms with van der Waals surface area (Å²) in [6.07, 6.45) is 0. The molecule has 0 aliphatic carbocycles. The Balaban J connectivity index is 1.97. The van der Waals surface area contributed by atoms with Gasteiger partial charge in [0.2, 0.25) is 0 Å². The summed E-state index contributed by atoms with van der Waals surface area (Å²) in [6, 6.07) is 4.35. The number of nitrogens with zero attached hydrogens (tertiary/aromatic N) is 1. The van der Waals surface area contributed by atoms with E-state index in [0.717, 1.165) is 30.6 Å². The SMILES string of the molecule is ClCC1COCCN1Cc1ccc(Cl)s1. The van der Waals surface area contributed by atoms with E-state index in [1.807, 2.05) is 6.07 Å². The third kappa shape index (κ3) is 3.08. The Morgan fingerprint density at radius 2 is 2.40 bits per heavy atom. The highest BCUT2D eigenvalue weighted by atomic mass is 35.5. The van der Waals surface area contributed by atoms with Crippen molar-refractivity contribution in [2.24, 2.45) is 0 Å². The predicted molar refractivity (Wildman–Crippen MR) is 65.1 cm³/mol. The molecule has 1 aliphatic rings. The van der Waals surface area contributed by atoms with Crippen LogP contribution in [-0.2, 0) is 11.3 Å². The molecule has 0 amide bonds. The topological polar surface area (TPSA) is 12.5 Å². The number of hydrogen-bond acceptors (Lipinski definition) is 3. The first-order valence-corrected chi connectivity index (χ1v) is 6.64. The quantitative estimate of drug-likeness (QED) is 0.780. The maximum Gasteiger partial charge on any atom is 0.0931 e. The number of alkyl halides is 1. The van der Waals surface area contributed by atoms with Crippen LogP contribution in [0, 0.1) is 0 Å². The number of morpholine rings is 1. The van der Waals surface area contributed by atoms with Crippen LogP contribution in [0.5, 0.6) is 0 Å². The number of rotatable bonds is 3. The summed E-state index contributed by atoms with van der Waals surface area (Å²) in [4.78, 5) is 3.65. The fourth-order valence-corrected chi connectivity index (χ4v) is 3.07. The fraction of sp³-hybridized carbons (Fsp3) is 0.600. The van der Waals surface area contributed by atoms with Crippen LogP contribution in [0.2, 0.25) is 4.34 Å². The first-order valence-electron chi connectivity index (χ1n) is 4.91. The lowest BCUT2D eigenvalue weighted by Gasteiger charge is -2.33. The number of halogens is 2. The summed E-state index contributed by atoms with van der Waals surface area (Å²) < 4.78 is 6.25. The molecule has 1 aliphatic heterocycles. The minimum absolute atomic E-state index is 0.335. The van der Waals surface area contributed by atoms with E-state index in [1.165, 1.54) is 4.88 Å². The molecular formula is C10H13Cl2NOS. The number of ether oxygens (including phenoxy) is 1. The molecule has 1 aromatic heterocycles. The van der Waals surface area contributed by atoms with Gasteiger partial charge in [-0.15, -0.1) is 22.9 Å². The highest BCUT2D eigenvalue weighted by Gasteiger charge is 2.22. The highest BCUT2D eigenvalue weighted by molar-refractivity contribution is 7.16. The smallest absolute Gasteiger partial charge is 0.0931 e. The van der Waals surface area contributed by atoms with Crippen molar-refractivity contribution in [2.75, 3.05) is 25.6 Å². The van der Waals surface area contributed by atoms with Crippen molar-refractivity contribution in [1.82, 2.24) is 4.90 Å². The Morgan fingerprint density at radius 1 is 1.53 bits per heavy atom. The van der Waals surface area contributed by atoms with Crippen molar-refractivity contribution in [2.45, 2.75) is 12.6 Å². The van der Waals surface area contributed by atoms with Crippen LogP contribution >= 0.6 is 34.5 Å². The first kappa shape index (κ1) is 11.7. The van der Waals surface area contributed by atoms with Crippen molar-refractivity contribution < 1.29 is 4.74 Å². The van der Waals surface area contributed by atoms with Gasteiger partial charge in [-0.3, -0.25) is 4.90 Å². The van der Waals surface area contributed by atoms with Gasteiger partial charge in [0.25, 0.3) is 0 Å². The van der Waals surface area contributed by atoms with Crippen molar-refractivity contribution in [3.63, 3.8) is 0 Å². The minimum Gasteiger partial charge on any atom is -0.378 e. The van der Waals surface area contributed by atoms with Crippen LogP contribution in [0.1, 0.15) is 4.88 Å². The normalized spacial score (nSPS) is 23.2. The van der Waals surface area contributed by atoms with Gasteiger partial charge in [-0.1, -0.05) is 11.6 Å². The van der Waals surface area contributed by atoms with Crippen molar-refractivity contribution in [3.05, 3.63) is 21.3 Å². The zero-order valence-corrected chi connectivity index (χ0v) is 10.6. The van der Waals surface area contributed by atoms with E-state index in [9.17, 15) is 0 Å². The van der Waals surface area contributed by atoms with Gasteiger partial charge in [0, 0.05) is 29.9 Å². The summed E-state index contributed by atoms with van der Waals surface area (Å²) in [6.45, 7) is 3.42. The number of hydrogen-bond donors (Lipinski definition) is 0. The molecule has 5 heteroatoms. The van der Waals surface area contributed by atoms with Crippen molar-refractivity contribution in [1.29, 1.82) is 0 Å². The minimum atomic E-state index is 0.335. The van der Waals surface area contributed by atoms with E-state index in [2.05, 4.69) is 11.0 Å². The third-order valence-electron chi connectivity index (χ3n) is 2.52. The van der Waals surface area contributed by atoms with Crippen LogP contribution in [0.25, 0.3) is 0 Å². The summed E-state index contributed by atoms with van der Waals surface area (Å²) in [5.41, 5.74) is 0. The average Bonchev–Trinajstić information content (AvgIpc) is 2.65. The summed E-state index contributed by atoms with van der Waals surface area (Å²) in [5.74, 6) is 0.624. The van der Waals surface area contributed by atoms with Gasteiger partial charge in [0.05, 0.1) is 17.6 Å². The molecule has 0 spiro atoms. The molecular weight excluding hydrogens is 253 g/mol. The molecule has 0 aromatic carbocycles. The Kier molecular flexibility index (Phi) is 4.29. The third-order valence-corrected chi connectivity index (χ3v) is 4.09. The van der Waals surface area contributed by atoms with Crippen LogP contribution in [0.4, 0.5) is 0 Å². The van der Waals surface area contributed by atoms with Gasteiger partial charge in [0.1, 0.15) is 0 Å². The molecule has 2 heterocycles. The molecule has 15 heavy (non-hydrogen) atoms. The molecule has 1 aromatic rings. The van der Waals surface area contributed by atoms with E-state index >= 15 is 0 Å². The zero-order chi connectivity index (χ0) is 10.7. The van der Waals surface area contributed by atoms with Crippen LogP contribution in [0.3, 0.4) is 0 Å². The molecule has 1 atom stereocenters. The van der Waals surface area contributed by atoms with Crippen molar-refractivity contribution in [3.8, 4) is 0 Å². The lowest BCUT2D eigenvalue weighted by molar-refractivity contribution is -0.00258. The zero-order valence-electron chi connectivity index (χ0n) is 8.29. The molecule has 0 saturated carbocycles. The molecule has 1 fully saturated rings. The Labute approximate surface area is 104 Å². The van der Waals surface area contributed by atoms with Crippen LogP contribution < -0.4 is 0 Å². The maximum absolute atomic E-state index is 5.90. The molecule has 1 unspecified atom stereocenters. The summed E-state index contributed by atoms with van der Waals surface area (Å²) in [5, 5.41) is 0. The molecule has 0 radical (unpaired) electrons. The van der Waals surface area contributed by atoms with E-state index < -0.39 is 0 Å². The van der Waals surface area contributed by atoms with E-state index in [-0.39, 0.29) is 0 Å². The second kappa shape index (κ2) is 5.51. The molecule has 1 saturated heterocycles. The Bertz CT molecular complexity index is 318. The molecule has 0 bridgehead atoms. The van der Waals surface area contributed by atoms with Gasteiger partial charge in [-0.2, -0.15) is 0 Å². The van der Waals surface area contributed by atoms with Gasteiger partial charge in [-0.25, -0.2) is 0 Å². The molecule has 84 valence electrons. The molecule has 0 N–H and O–H groups in total. The van der Waals surface area contributed by atoms with Crippen molar-refractivity contribution >= 4 is 34.5 Å². The van der Waals surface area contributed by atoms with Gasteiger partial charge >= 0.3 is 0 Å². The predicted octanol–water partition coefficient (Wildman–Crippen LogP) is 2.84. The maximum atomic E-state index is 5.90. The Hall–Kier alpha value is 0.200. The monoisotopic (exact) mass is 265 g/mol. The second-order valence-electron chi connectivity index (χ2n) is 3.56. The second-order valence-corrected chi connectivity index (χ2v) is 5.67. The van der Waals surface area contributed by atoms with E-state index in [0.29, 0.717) is 11.9 Å². The summed E-state index contributed by atoms with van der Waals surface area (Å²) >= 11 is 13.4. The van der Waals surface area contributed by atoms with Gasteiger partial charge in [-0.05, 0) is 12.1 Å². The largest absolute Gasteiger partial charge is 0.378 e. The first-order chi connectivity index (χ1) is 7.29. The lowest BCUT2D eigenvalue weighted by Crippen LogP contribution is -2.45. The van der Waals surface area contributed by atoms with E-state index in [4.69, 9.17) is 27.9 Å². The number of thiophene rings is 1. The molecule has 2 rings (SSSR count). The van der Waals surface area contributed by atoms with Gasteiger partial charge in [0.15, 0.2) is 0 Å². The Morgan fingerprint density at radius 3 is 3.07 bits per heavy atom. The average molecular weight is 266 g/mol. The highest BCUT2D eigenvalue weighted by Crippen LogP contribution is 2.24. The standard InChI is InChI=1S/C10H13Cl2NOS/c11-5-8-7-14-4-3-13(8)6-9-1-2-10(12)15-9/h1-2,8H,3-7H2. The van der Waals surface area contributed by atoms with Gasteiger partial charge < -0.3 is 4.74 Å². The lowest BCUT2D eigenvalue weighted by atomic mass is 10.2. The van der Waals surface area contributed by atoms with Crippen LogP contribution in [-0.4, -0.2) is 36.6 Å². The fourth-order valence-electron chi connectivity index (χ4n) is 1.68. The summed E-state index contributed by atoms with van der Waals surface area (Å²) in [7, 11) is 0. The van der Waals surface area contributed by atoms with E-state index in [1.54, 1.807) is 11.3 Å².